The fourth-order valence-electron chi connectivity index (χ4n) is 1.80. The van der Waals surface area contributed by atoms with E-state index in [9.17, 15) is 0 Å². The van der Waals surface area contributed by atoms with E-state index in [1.54, 1.807) is 12.1 Å². The second kappa shape index (κ2) is 5.50. The largest absolute Gasteiger partial charge is 0.379 e. The molecular weight excluding hydrogens is 228 g/mol. The lowest BCUT2D eigenvalue weighted by atomic mass is 10.1. The maximum Gasteiger partial charge on any atom is 0.0648 e. The highest BCUT2D eigenvalue weighted by atomic mass is 35.5. The molecule has 1 aromatic carbocycles. The average Bonchev–Trinajstić information content (AvgIpc) is 2.31. The zero-order valence-electron chi connectivity index (χ0n) is 8.95. The van der Waals surface area contributed by atoms with Gasteiger partial charge in [-0.1, -0.05) is 11.6 Å². The summed E-state index contributed by atoms with van der Waals surface area (Å²) in [5.41, 5.74) is 3.90. The van der Waals surface area contributed by atoms with Crippen LogP contribution in [0.4, 0.5) is 5.69 Å². The number of nitrogens with zero attached hydrogens (tertiary/aromatic N) is 1. The van der Waals surface area contributed by atoms with Crippen molar-refractivity contribution in [1.82, 2.24) is 4.90 Å². The number of morpholine rings is 1. The molecule has 0 aliphatic carbocycles. The minimum Gasteiger partial charge on any atom is -0.379 e. The van der Waals surface area contributed by atoms with Crippen molar-refractivity contribution in [3.63, 3.8) is 0 Å². The van der Waals surface area contributed by atoms with Gasteiger partial charge in [0.15, 0.2) is 0 Å². The highest BCUT2D eigenvalue weighted by Gasteiger charge is 2.12. The van der Waals surface area contributed by atoms with Crippen molar-refractivity contribution in [2.75, 3.05) is 31.8 Å². The Morgan fingerprint density at radius 2 is 2.12 bits per heavy atom. The SMILES string of the molecule is ONc1ccc(Cl)cc1CN1CCOCC1. The summed E-state index contributed by atoms with van der Waals surface area (Å²) in [5.74, 6) is 0. The molecule has 0 spiro atoms. The Hall–Kier alpha value is -0.810. The van der Waals surface area contributed by atoms with Crippen LogP contribution in [-0.4, -0.2) is 36.4 Å². The van der Waals surface area contributed by atoms with Crippen LogP contribution < -0.4 is 5.48 Å². The summed E-state index contributed by atoms with van der Waals surface area (Å²) in [5, 5.41) is 9.69. The maximum atomic E-state index is 9.00. The molecule has 0 radical (unpaired) electrons. The van der Waals surface area contributed by atoms with Crippen molar-refractivity contribution in [1.29, 1.82) is 0 Å². The molecule has 2 N–H and O–H groups in total. The third kappa shape index (κ3) is 2.86. The zero-order chi connectivity index (χ0) is 11.4. The van der Waals surface area contributed by atoms with E-state index in [2.05, 4.69) is 10.4 Å². The molecule has 2 rings (SSSR count). The molecule has 5 heteroatoms. The number of halogens is 1. The van der Waals surface area contributed by atoms with Crippen LogP contribution in [0.25, 0.3) is 0 Å². The highest BCUT2D eigenvalue weighted by molar-refractivity contribution is 6.30. The molecule has 1 saturated heterocycles. The van der Waals surface area contributed by atoms with E-state index in [0.717, 1.165) is 38.4 Å². The fraction of sp³-hybridized carbons (Fsp3) is 0.455. The molecule has 0 amide bonds. The molecule has 0 saturated carbocycles. The number of hydrogen-bond donors (Lipinski definition) is 2. The number of nitrogens with one attached hydrogen (secondary N) is 1. The molecule has 4 nitrogen and oxygen atoms in total. The van der Waals surface area contributed by atoms with Crippen LogP contribution in [0.5, 0.6) is 0 Å². The van der Waals surface area contributed by atoms with Gasteiger partial charge in [0, 0.05) is 24.7 Å². The molecule has 88 valence electrons. The molecule has 0 atom stereocenters. The van der Waals surface area contributed by atoms with Crippen LogP contribution >= 0.6 is 11.6 Å². The zero-order valence-corrected chi connectivity index (χ0v) is 9.70. The molecule has 1 aliphatic rings. The maximum absolute atomic E-state index is 9.00. The van der Waals surface area contributed by atoms with Gasteiger partial charge in [0.1, 0.15) is 0 Å². The van der Waals surface area contributed by atoms with E-state index >= 15 is 0 Å². The van der Waals surface area contributed by atoms with E-state index in [0.29, 0.717) is 10.7 Å². The number of benzene rings is 1. The second-order valence-electron chi connectivity index (χ2n) is 3.80. The molecule has 1 aliphatic heterocycles. The molecule has 1 aromatic rings. The van der Waals surface area contributed by atoms with Gasteiger partial charge in [-0.2, -0.15) is 0 Å². The van der Waals surface area contributed by atoms with Crippen molar-refractivity contribution in [3.8, 4) is 0 Å². The van der Waals surface area contributed by atoms with Crippen molar-refractivity contribution >= 4 is 17.3 Å². The quantitative estimate of drug-likeness (QED) is 0.796. The second-order valence-corrected chi connectivity index (χ2v) is 4.24. The van der Waals surface area contributed by atoms with Gasteiger partial charge in [-0.25, -0.2) is 0 Å². The molecule has 1 heterocycles. The molecule has 1 fully saturated rings. The Balaban J connectivity index is 2.09. The lowest BCUT2D eigenvalue weighted by Crippen LogP contribution is -2.35. The summed E-state index contributed by atoms with van der Waals surface area (Å²) in [6.45, 7) is 4.13. The topological polar surface area (TPSA) is 44.7 Å². The van der Waals surface area contributed by atoms with Crippen LogP contribution in [0.2, 0.25) is 5.02 Å². The first-order valence-electron chi connectivity index (χ1n) is 5.28. The van der Waals surface area contributed by atoms with Crippen molar-refractivity contribution in [3.05, 3.63) is 28.8 Å². The van der Waals surface area contributed by atoms with Crippen LogP contribution in [0, 0.1) is 0 Å². The minimum atomic E-state index is 0.683. The Kier molecular flexibility index (Phi) is 4.01. The van der Waals surface area contributed by atoms with Crippen molar-refractivity contribution < 1.29 is 9.94 Å². The summed E-state index contributed by atoms with van der Waals surface area (Å²) < 4.78 is 5.28. The molecule has 0 aromatic heterocycles. The number of hydrogen-bond acceptors (Lipinski definition) is 4. The molecular formula is C11H15ClN2O2. The van der Waals surface area contributed by atoms with E-state index in [1.165, 1.54) is 0 Å². The van der Waals surface area contributed by atoms with Gasteiger partial charge in [0.25, 0.3) is 0 Å². The van der Waals surface area contributed by atoms with Crippen molar-refractivity contribution in [2.45, 2.75) is 6.54 Å². The first kappa shape index (κ1) is 11.7. The van der Waals surface area contributed by atoms with Gasteiger partial charge in [-0.05, 0) is 23.8 Å². The van der Waals surface area contributed by atoms with Gasteiger partial charge in [-0.3, -0.25) is 15.6 Å². The van der Waals surface area contributed by atoms with Crippen LogP contribution in [0.1, 0.15) is 5.56 Å². The van der Waals surface area contributed by atoms with E-state index in [1.807, 2.05) is 6.07 Å². The number of ether oxygens (including phenoxy) is 1. The monoisotopic (exact) mass is 242 g/mol. The van der Waals surface area contributed by atoms with E-state index in [-0.39, 0.29) is 0 Å². The summed E-state index contributed by atoms with van der Waals surface area (Å²) in [7, 11) is 0. The van der Waals surface area contributed by atoms with Crippen molar-refractivity contribution in [2.24, 2.45) is 0 Å². The number of anilines is 1. The Morgan fingerprint density at radius 1 is 1.38 bits per heavy atom. The third-order valence-corrected chi connectivity index (χ3v) is 2.92. The van der Waals surface area contributed by atoms with Gasteiger partial charge in [0.05, 0.1) is 18.9 Å². The van der Waals surface area contributed by atoms with Crippen LogP contribution in [-0.2, 0) is 11.3 Å². The van der Waals surface area contributed by atoms with Crippen LogP contribution in [0.15, 0.2) is 18.2 Å². The van der Waals surface area contributed by atoms with Gasteiger partial charge in [-0.15, -0.1) is 0 Å². The average molecular weight is 243 g/mol. The smallest absolute Gasteiger partial charge is 0.0648 e. The van der Waals surface area contributed by atoms with E-state index < -0.39 is 0 Å². The summed E-state index contributed by atoms with van der Waals surface area (Å²) in [6.07, 6.45) is 0. The molecule has 16 heavy (non-hydrogen) atoms. The summed E-state index contributed by atoms with van der Waals surface area (Å²) in [6, 6.07) is 5.40. The molecule has 0 unspecified atom stereocenters. The Labute approximate surface area is 99.7 Å². The predicted molar refractivity (Wildman–Crippen MR) is 63.0 cm³/mol. The first-order valence-corrected chi connectivity index (χ1v) is 5.66. The van der Waals surface area contributed by atoms with E-state index in [4.69, 9.17) is 21.5 Å². The van der Waals surface area contributed by atoms with Gasteiger partial charge < -0.3 is 4.74 Å². The summed E-state index contributed by atoms with van der Waals surface area (Å²) >= 11 is 5.94. The predicted octanol–water partition coefficient (Wildman–Crippen LogP) is 1.97. The summed E-state index contributed by atoms with van der Waals surface area (Å²) in [4.78, 5) is 2.27. The third-order valence-electron chi connectivity index (χ3n) is 2.69. The van der Waals surface area contributed by atoms with Gasteiger partial charge in [0.2, 0.25) is 0 Å². The Morgan fingerprint density at radius 3 is 2.81 bits per heavy atom. The highest BCUT2D eigenvalue weighted by Crippen LogP contribution is 2.22. The normalized spacial score (nSPS) is 17.4. The first-order chi connectivity index (χ1) is 7.79. The lowest BCUT2D eigenvalue weighted by Gasteiger charge is -2.27. The molecule has 0 bridgehead atoms. The number of rotatable bonds is 3. The van der Waals surface area contributed by atoms with Crippen LogP contribution in [0.3, 0.4) is 0 Å². The minimum absolute atomic E-state index is 0.683. The lowest BCUT2D eigenvalue weighted by molar-refractivity contribution is 0.0342. The van der Waals surface area contributed by atoms with Gasteiger partial charge >= 0.3 is 0 Å². The Bertz CT molecular complexity index is 354. The standard InChI is InChI=1S/C11H15ClN2O2/c12-10-1-2-11(13-15)9(7-10)8-14-3-5-16-6-4-14/h1-2,7,13,15H,3-6,8H2. The fourth-order valence-corrected chi connectivity index (χ4v) is 2.00.